The maximum atomic E-state index is 12.6. The number of hydrogen-bond acceptors (Lipinski definition) is 3. The molecule has 1 aromatic rings. The van der Waals surface area contributed by atoms with Crippen LogP contribution in [0.4, 0.5) is 10.5 Å². The number of carboxylic acid groups (broad SMARTS) is 1. The number of carboxylic acids is 1. The predicted molar refractivity (Wildman–Crippen MR) is 78.4 cm³/mol. The van der Waals surface area contributed by atoms with Crippen molar-refractivity contribution in [3.8, 4) is 0 Å². The minimum absolute atomic E-state index is 0.0187. The zero-order chi connectivity index (χ0) is 15.2. The van der Waals surface area contributed by atoms with Crippen molar-refractivity contribution in [1.29, 1.82) is 0 Å². The Hall–Kier alpha value is -2.08. The van der Waals surface area contributed by atoms with Crippen molar-refractivity contribution in [2.75, 3.05) is 31.6 Å². The molecule has 0 aromatic heterocycles. The van der Waals surface area contributed by atoms with Crippen LogP contribution < -0.4 is 4.90 Å². The second-order valence-corrected chi connectivity index (χ2v) is 5.04. The molecule has 6 heteroatoms. The smallest absolute Gasteiger partial charge is 0.325 e. The summed E-state index contributed by atoms with van der Waals surface area (Å²) >= 11 is 0. The number of ether oxygens (including phenoxy) is 1. The maximum absolute atomic E-state index is 12.6. The van der Waals surface area contributed by atoms with E-state index in [1.54, 1.807) is 36.3 Å². The second kappa shape index (κ2) is 7.08. The van der Waals surface area contributed by atoms with Crippen LogP contribution in [0.1, 0.15) is 12.8 Å². The summed E-state index contributed by atoms with van der Waals surface area (Å²) in [5, 5.41) is 9.05. The summed E-state index contributed by atoms with van der Waals surface area (Å²) in [6, 6.07) is 8.58. The third-order valence-electron chi connectivity index (χ3n) is 3.57. The molecule has 0 radical (unpaired) electrons. The lowest BCUT2D eigenvalue weighted by Gasteiger charge is -2.35. The van der Waals surface area contributed by atoms with E-state index in [2.05, 4.69) is 0 Å². The summed E-state index contributed by atoms with van der Waals surface area (Å²) in [4.78, 5) is 26.6. The quantitative estimate of drug-likeness (QED) is 0.918. The SMILES string of the molecule is COC1CCCN(C(=O)N(CC(=O)O)c2ccccc2)C1. The van der Waals surface area contributed by atoms with Crippen molar-refractivity contribution < 1.29 is 19.4 Å². The summed E-state index contributed by atoms with van der Waals surface area (Å²) in [6.07, 6.45) is 1.80. The van der Waals surface area contributed by atoms with Gasteiger partial charge in [-0.05, 0) is 25.0 Å². The number of piperidine rings is 1. The normalized spacial score (nSPS) is 18.3. The lowest BCUT2D eigenvalue weighted by Crippen LogP contribution is -2.50. The zero-order valence-electron chi connectivity index (χ0n) is 12.1. The van der Waals surface area contributed by atoms with Crippen molar-refractivity contribution in [2.45, 2.75) is 18.9 Å². The van der Waals surface area contributed by atoms with Gasteiger partial charge in [-0.25, -0.2) is 4.79 Å². The number of methoxy groups -OCH3 is 1. The summed E-state index contributed by atoms with van der Waals surface area (Å²) in [5.74, 6) is -1.03. The van der Waals surface area contributed by atoms with Crippen molar-refractivity contribution >= 4 is 17.7 Å². The van der Waals surface area contributed by atoms with Crippen molar-refractivity contribution in [3.05, 3.63) is 30.3 Å². The number of aliphatic carboxylic acids is 1. The van der Waals surface area contributed by atoms with Gasteiger partial charge < -0.3 is 14.7 Å². The number of carbonyl (C=O) groups is 2. The van der Waals surface area contributed by atoms with E-state index in [4.69, 9.17) is 9.84 Å². The van der Waals surface area contributed by atoms with Gasteiger partial charge in [-0.3, -0.25) is 9.69 Å². The molecular formula is C15H20N2O4. The number of likely N-dealkylation sites (tertiary alicyclic amines) is 1. The summed E-state index contributed by atoms with van der Waals surface area (Å²) in [7, 11) is 1.63. The van der Waals surface area contributed by atoms with Gasteiger partial charge in [0.05, 0.1) is 6.10 Å². The number of hydrogen-bond donors (Lipinski definition) is 1. The van der Waals surface area contributed by atoms with E-state index < -0.39 is 5.97 Å². The first-order valence-corrected chi connectivity index (χ1v) is 6.98. The average Bonchev–Trinajstić information content (AvgIpc) is 2.52. The molecule has 6 nitrogen and oxygen atoms in total. The Labute approximate surface area is 123 Å². The number of urea groups is 1. The van der Waals surface area contributed by atoms with Crippen molar-refractivity contribution in [1.82, 2.24) is 4.90 Å². The van der Waals surface area contributed by atoms with Gasteiger partial charge in [-0.1, -0.05) is 18.2 Å². The summed E-state index contributed by atoms with van der Waals surface area (Å²) < 4.78 is 5.31. The van der Waals surface area contributed by atoms with Crippen LogP contribution in [-0.2, 0) is 9.53 Å². The van der Waals surface area contributed by atoms with Gasteiger partial charge in [-0.15, -0.1) is 0 Å². The molecule has 1 unspecified atom stereocenters. The molecule has 1 aliphatic rings. The van der Waals surface area contributed by atoms with Crippen molar-refractivity contribution in [3.63, 3.8) is 0 Å². The summed E-state index contributed by atoms with van der Waals surface area (Å²) in [5.41, 5.74) is 0.587. The minimum Gasteiger partial charge on any atom is -0.480 e. The molecule has 0 bridgehead atoms. The van der Waals surface area contributed by atoms with Crippen LogP contribution in [0.25, 0.3) is 0 Å². The third-order valence-corrected chi connectivity index (χ3v) is 3.57. The van der Waals surface area contributed by atoms with E-state index >= 15 is 0 Å². The Kier molecular flexibility index (Phi) is 5.16. The predicted octanol–water partition coefficient (Wildman–Crippen LogP) is 1.81. The fourth-order valence-electron chi connectivity index (χ4n) is 2.49. The van der Waals surface area contributed by atoms with Gasteiger partial charge >= 0.3 is 12.0 Å². The van der Waals surface area contributed by atoms with E-state index in [0.717, 1.165) is 12.8 Å². The number of anilines is 1. The maximum Gasteiger partial charge on any atom is 0.325 e. The molecule has 0 aliphatic carbocycles. The third kappa shape index (κ3) is 3.95. The van der Waals surface area contributed by atoms with Crippen LogP contribution in [0.5, 0.6) is 0 Å². The molecule has 114 valence electrons. The van der Waals surface area contributed by atoms with E-state index in [1.807, 2.05) is 6.07 Å². The lowest BCUT2D eigenvalue weighted by molar-refractivity contribution is -0.135. The van der Waals surface area contributed by atoms with Gasteiger partial charge in [0.25, 0.3) is 0 Å². The molecule has 1 aliphatic heterocycles. The molecule has 0 spiro atoms. The highest BCUT2D eigenvalue weighted by Crippen LogP contribution is 2.19. The van der Waals surface area contributed by atoms with E-state index in [1.165, 1.54) is 4.90 Å². The van der Waals surface area contributed by atoms with Crippen LogP contribution in [0.15, 0.2) is 30.3 Å². The minimum atomic E-state index is -1.03. The molecule has 1 aromatic carbocycles. The Balaban J connectivity index is 2.16. The molecule has 2 rings (SSSR count). The standard InChI is InChI=1S/C15H20N2O4/c1-21-13-8-5-9-16(10-13)15(20)17(11-14(18)19)12-6-3-2-4-7-12/h2-4,6-7,13H,5,8-11H2,1H3,(H,18,19). The number of amides is 2. The van der Waals surface area contributed by atoms with Gasteiger partial charge in [0.1, 0.15) is 6.54 Å². The molecular weight excluding hydrogens is 272 g/mol. The first-order chi connectivity index (χ1) is 10.1. The van der Waals surface area contributed by atoms with Crippen LogP contribution in [-0.4, -0.2) is 54.9 Å². The highest BCUT2D eigenvalue weighted by Gasteiger charge is 2.28. The van der Waals surface area contributed by atoms with Gasteiger partial charge in [0, 0.05) is 25.9 Å². The Morgan fingerprint density at radius 2 is 2.10 bits per heavy atom. The molecule has 1 heterocycles. The lowest BCUT2D eigenvalue weighted by atomic mass is 10.1. The Morgan fingerprint density at radius 1 is 1.38 bits per heavy atom. The summed E-state index contributed by atoms with van der Waals surface area (Å²) in [6.45, 7) is 0.775. The highest BCUT2D eigenvalue weighted by molar-refractivity contribution is 5.96. The van der Waals surface area contributed by atoms with Gasteiger partial charge in [0.2, 0.25) is 0 Å². The molecule has 21 heavy (non-hydrogen) atoms. The Bertz CT molecular complexity index is 492. The van der Waals surface area contributed by atoms with E-state index in [9.17, 15) is 9.59 Å². The topological polar surface area (TPSA) is 70.1 Å². The van der Waals surface area contributed by atoms with E-state index in [-0.39, 0.29) is 18.7 Å². The van der Waals surface area contributed by atoms with Crippen LogP contribution in [0.2, 0.25) is 0 Å². The van der Waals surface area contributed by atoms with Gasteiger partial charge in [0.15, 0.2) is 0 Å². The highest BCUT2D eigenvalue weighted by atomic mass is 16.5. The molecule has 1 fully saturated rings. The molecule has 0 saturated carbocycles. The largest absolute Gasteiger partial charge is 0.480 e. The molecule has 2 amide bonds. The van der Waals surface area contributed by atoms with Gasteiger partial charge in [-0.2, -0.15) is 0 Å². The fraction of sp³-hybridized carbons (Fsp3) is 0.467. The monoisotopic (exact) mass is 292 g/mol. The van der Waals surface area contributed by atoms with Crippen molar-refractivity contribution in [2.24, 2.45) is 0 Å². The molecule has 1 N–H and O–H groups in total. The first kappa shape index (κ1) is 15.3. The number of benzene rings is 1. The number of carbonyl (C=O) groups excluding carboxylic acids is 1. The molecule has 1 atom stereocenters. The van der Waals surface area contributed by atoms with Crippen LogP contribution in [0, 0.1) is 0 Å². The second-order valence-electron chi connectivity index (χ2n) is 5.04. The van der Waals surface area contributed by atoms with E-state index in [0.29, 0.717) is 18.8 Å². The number of para-hydroxylation sites is 1. The van der Waals surface area contributed by atoms with Crippen LogP contribution in [0.3, 0.4) is 0 Å². The average molecular weight is 292 g/mol. The fourth-order valence-corrected chi connectivity index (χ4v) is 2.49. The number of nitrogens with zero attached hydrogens (tertiary/aromatic N) is 2. The van der Waals surface area contributed by atoms with Crippen LogP contribution >= 0.6 is 0 Å². The Morgan fingerprint density at radius 3 is 2.71 bits per heavy atom. The number of rotatable bonds is 4. The first-order valence-electron chi connectivity index (χ1n) is 6.98. The zero-order valence-corrected chi connectivity index (χ0v) is 12.1. The molecule has 1 saturated heterocycles.